The van der Waals surface area contributed by atoms with Crippen molar-refractivity contribution < 1.29 is 4.42 Å². The normalized spacial score (nSPS) is 11.3. The second kappa shape index (κ2) is 5.70. The van der Waals surface area contributed by atoms with Crippen LogP contribution in [0.2, 0.25) is 0 Å². The number of benzene rings is 2. The Labute approximate surface area is 143 Å². The third kappa shape index (κ3) is 2.63. The Morgan fingerprint density at radius 3 is 2.72 bits per heavy atom. The molecule has 0 aliphatic rings. The smallest absolute Gasteiger partial charge is 0.336 e. The van der Waals surface area contributed by atoms with Crippen molar-refractivity contribution in [3.8, 4) is 0 Å². The molecule has 0 unspecified atom stereocenters. The zero-order valence-corrected chi connectivity index (χ0v) is 13.9. The Morgan fingerprint density at radius 1 is 1.04 bits per heavy atom. The van der Waals surface area contributed by atoms with Crippen LogP contribution in [0.5, 0.6) is 0 Å². The number of rotatable bonds is 2. The van der Waals surface area contributed by atoms with Crippen LogP contribution in [0, 0.1) is 13.8 Å². The fraction of sp³-hybridized carbons (Fsp3) is 0.150. The molecule has 4 rings (SSSR count). The van der Waals surface area contributed by atoms with Gasteiger partial charge in [0.25, 0.3) is 5.56 Å². The van der Waals surface area contributed by atoms with E-state index in [2.05, 4.69) is 4.98 Å². The Bertz CT molecular complexity index is 1240. The van der Waals surface area contributed by atoms with Crippen molar-refractivity contribution in [3.05, 3.63) is 86.3 Å². The van der Waals surface area contributed by atoms with Crippen LogP contribution in [0.1, 0.15) is 16.7 Å². The summed E-state index contributed by atoms with van der Waals surface area (Å²) in [4.78, 5) is 29.1. The monoisotopic (exact) mass is 332 g/mol. The molecule has 2 heterocycles. The lowest BCUT2D eigenvalue weighted by atomic mass is 10.1. The summed E-state index contributed by atoms with van der Waals surface area (Å²) in [6.07, 6.45) is 1.53. The van der Waals surface area contributed by atoms with Gasteiger partial charge in [-0.15, -0.1) is 0 Å². The molecular formula is C20H16N2O3. The maximum Gasteiger partial charge on any atom is 0.336 e. The minimum atomic E-state index is -0.425. The Morgan fingerprint density at radius 2 is 1.88 bits per heavy atom. The fourth-order valence-corrected chi connectivity index (χ4v) is 3.10. The van der Waals surface area contributed by atoms with Gasteiger partial charge in [0.1, 0.15) is 5.58 Å². The van der Waals surface area contributed by atoms with Gasteiger partial charge in [0.05, 0.1) is 23.8 Å². The van der Waals surface area contributed by atoms with E-state index < -0.39 is 5.63 Å². The summed E-state index contributed by atoms with van der Waals surface area (Å²) in [5.41, 5.74) is 3.39. The average molecular weight is 332 g/mol. The van der Waals surface area contributed by atoms with Crippen LogP contribution < -0.4 is 11.2 Å². The lowest BCUT2D eigenvalue weighted by molar-refractivity contribution is 0.557. The van der Waals surface area contributed by atoms with Crippen LogP contribution >= 0.6 is 0 Å². The van der Waals surface area contributed by atoms with Crippen LogP contribution in [-0.2, 0) is 6.54 Å². The number of para-hydroxylation sites is 1. The van der Waals surface area contributed by atoms with Crippen molar-refractivity contribution >= 4 is 21.9 Å². The Hall–Kier alpha value is -3.21. The van der Waals surface area contributed by atoms with E-state index in [0.717, 1.165) is 22.1 Å². The summed E-state index contributed by atoms with van der Waals surface area (Å²) in [6, 6.07) is 12.7. The summed E-state index contributed by atoms with van der Waals surface area (Å²) < 4.78 is 6.80. The first-order chi connectivity index (χ1) is 12.0. The molecule has 4 aromatic rings. The van der Waals surface area contributed by atoms with Crippen molar-refractivity contribution in [2.24, 2.45) is 0 Å². The number of hydrogen-bond acceptors (Lipinski definition) is 4. The predicted molar refractivity (Wildman–Crippen MR) is 97.1 cm³/mol. The first-order valence-electron chi connectivity index (χ1n) is 8.01. The molecular weight excluding hydrogens is 316 g/mol. The number of fused-ring (bicyclic) bond motifs is 2. The molecule has 0 bridgehead atoms. The first kappa shape index (κ1) is 15.3. The number of aromatic nitrogens is 2. The van der Waals surface area contributed by atoms with E-state index in [-0.39, 0.29) is 12.1 Å². The van der Waals surface area contributed by atoms with E-state index in [1.807, 2.05) is 44.2 Å². The molecule has 2 aromatic heterocycles. The zero-order chi connectivity index (χ0) is 17.6. The summed E-state index contributed by atoms with van der Waals surface area (Å²) in [7, 11) is 0. The van der Waals surface area contributed by atoms with Gasteiger partial charge in [-0.1, -0.05) is 24.3 Å². The van der Waals surface area contributed by atoms with E-state index in [1.165, 1.54) is 17.0 Å². The van der Waals surface area contributed by atoms with E-state index in [4.69, 9.17) is 4.42 Å². The zero-order valence-electron chi connectivity index (χ0n) is 13.9. The quantitative estimate of drug-likeness (QED) is 0.529. The maximum atomic E-state index is 12.8. The van der Waals surface area contributed by atoms with Gasteiger partial charge in [-0.05, 0) is 42.7 Å². The summed E-state index contributed by atoms with van der Waals surface area (Å²) in [6.45, 7) is 4.13. The summed E-state index contributed by atoms with van der Waals surface area (Å²) in [5.74, 6) is 0. The molecule has 0 atom stereocenters. The van der Waals surface area contributed by atoms with E-state index in [1.54, 1.807) is 6.07 Å². The minimum Gasteiger partial charge on any atom is -0.423 e. The Kier molecular flexibility index (Phi) is 3.50. The first-order valence-corrected chi connectivity index (χ1v) is 8.01. The van der Waals surface area contributed by atoms with Crippen molar-refractivity contribution in [3.63, 3.8) is 0 Å². The summed E-state index contributed by atoms with van der Waals surface area (Å²) in [5, 5.41) is 1.40. The maximum absolute atomic E-state index is 12.8. The highest BCUT2D eigenvalue weighted by Gasteiger charge is 2.10. The third-order valence-corrected chi connectivity index (χ3v) is 4.38. The summed E-state index contributed by atoms with van der Waals surface area (Å²) >= 11 is 0. The van der Waals surface area contributed by atoms with Crippen molar-refractivity contribution in [2.45, 2.75) is 20.4 Å². The number of nitrogens with zero attached hydrogens (tertiary/aromatic N) is 2. The molecule has 25 heavy (non-hydrogen) atoms. The molecule has 124 valence electrons. The molecule has 5 heteroatoms. The van der Waals surface area contributed by atoms with Gasteiger partial charge in [0.15, 0.2) is 0 Å². The molecule has 0 N–H and O–H groups in total. The van der Waals surface area contributed by atoms with E-state index in [9.17, 15) is 9.59 Å². The van der Waals surface area contributed by atoms with Crippen LogP contribution in [0.15, 0.2) is 62.8 Å². The van der Waals surface area contributed by atoms with Gasteiger partial charge < -0.3 is 4.42 Å². The molecule has 0 saturated carbocycles. The van der Waals surface area contributed by atoms with Crippen molar-refractivity contribution in [1.82, 2.24) is 9.55 Å². The highest BCUT2D eigenvalue weighted by Crippen LogP contribution is 2.19. The van der Waals surface area contributed by atoms with Crippen molar-refractivity contribution in [1.29, 1.82) is 0 Å². The molecule has 2 aromatic carbocycles. The highest BCUT2D eigenvalue weighted by atomic mass is 16.4. The molecule has 0 saturated heterocycles. The molecule has 5 nitrogen and oxygen atoms in total. The topological polar surface area (TPSA) is 65.1 Å². The van der Waals surface area contributed by atoms with Crippen LogP contribution in [0.25, 0.3) is 21.9 Å². The van der Waals surface area contributed by atoms with Gasteiger partial charge in [0.2, 0.25) is 0 Å². The second-order valence-corrected chi connectivity index (χ2v) is 6.24. The van der Waals surface area contributed by atoms with Gasteiger partial charge in [-0.3, -0.25) is 9.36 Å². The molecule has 0 aliphatic heterocycles. The molecule has 0 aliphatic carbocycles. The third-order valence-electron chi connectivity index (χ3n) is 4.38. The minimum absolute atomic E-state index is 0.123. The highest BCUT2D eigenvalue weighted by molar-refractivity contribution is 5.82. The van der Waals surface area contributed by atoms with E-state index >= 15 is 0 Å². The van der Waals surface area contributed by atoms with Crippen LogP contribution in [0.3, 0.4) is 0 Å². The largest absolute Gasteiger partial charge is 0.423 e. The molecule has 0 spiro atoms. The Balaban J connectivity index is 1.90. The fourth-order valence-electron chi connectivity index (χ4n) is 3.10. The lowest BCUT2D eigenvalue weighted by Gasteiger charge is -2.10. The molecule has 0 radical (unpaired) electrons. The van der Waals surface area contributed by atoms with Gasteiger partial charge in [-0.25, -0.2) is 9.78 Å². The second-order valence-electron chi connectivity index (χ2n) is 6.24. The number of hydrogen-bond donors (Lipinski definition) is 0. The number of aryl methyl sites for hydroxylation is 2. The van der Waals surface area contributed by atoms with Crippen LogP contribution in [0.4, 0.5) is 0 Å². The predicted octanol–water partition coefficient (Wildman–Crippen LogP) is 3.17. The van der Waals surface area contributed by atoms with E-state index in [0.29, 0.717) is 16.5 Å². The molecule has 0 fully saturated rings. The van der Waals surface area contributed by atoms with Gasteiger partial charge in [-0.2, -0.15) is 0 Å². The lowest BCUT2D eigenvalue weighted by Crippen LogP contribution is -2.22. The van der Waals surface area contributed by atoms with Gasteiger partial charge >= 0.3 is 5.63 Å². The molecule has 0 amide bonds. The SMILES string of the molecule is Cc1ccc2c(Cn3cnc4c(C)cccc4c3=O)cc(=O)oc2c1. The average Bonchev–Trinajstić information content (AvgIpc) is 2.57. The van der Waals surface area contributed by atoms with Crippen molar-refractivity contribution in [2.75, 3.05) is 0 Å². The standard InChI is InChI=1S/C20H16N2O3/c1-12-6-7-15-14(9-18(23)25-17(15)8-12)10-22-11-21-19-13(2)4-3-5-16(19)20(22)24/h3-9,11H,10H2,1-2H3. The van der Waals surface area contributed by atoms with Crippen LogP contribution in [-0.4, -0.2) is 9.55 Å². The van der Waals surface area contributed by atoms with Gasteiger partial charge in [0, 0.05) is 11.5 Å².